The van der Waals surface area contributed by atoms with E-state index in [-0.39, 0.29) is 23.6 Å². The Balaban J connectivity index is 2.18. The molecule has 7 nitrogen and oxygen atoms in total. The number of hydrogen-bond donors (Lipinski definition) is 3. The van der Waals surface area contributed by atoms with Gasteiger partial charge in [0, 0.05) is 23.3 Å². The van der Waals surface area contributed by atoms with E-state index in [0.29, 0.717) is 29.3 Å². The molecular formula is C22H28N2O5. The molecule has 0 unspecified atom stereocenters. The largest absolute Gasteiger partial charge is 0.493 e. The van der Waals surface area contributed by atoms with Crippen molar-refractivity contribution < 1.29 is 24.2 Å². The second-order valence-electron chi connectivity index (χ2n) is 7.67. The van der Waals surface area contributed by atoms with E-state index >= 15 is 0 Å². The highest BCUT2D eigenvalue weighted by Crippen LogP contribution is 2.32. The number of nitrogens with one attached hydrogen (secondary N) is 2. The fourth-order valence-corrected chi connectivity index (χ4v) is 2.87. The van der Waals surface area contributed by atoms with Crippen LogP contribution in [0.1, 0.15) is 42.3 Å². The number of carboxylic acid groups (broad SMARTS) is 1. The smallest absolute Gasteiger partial charge is 0.336 e. The first-order valence-corrected chi connectivity index (χ1v) is 9.29. The number of benzene rings is 2. The topological polar surface area (TPSA) is 96.9 Å². The number of para-hydroxylation sites is 1. The summed E-state index contributed by atoms with van der Waals surface area (Å²) < 4.78 is 11.2. The van der Waals surface area contributed by atoms with Gasteiger partial charge in [-0.3, -0.25) is 4.79 Å². The molecule has 0 radical (unpaired) electrons. The number of carbonyl (C=O) groups excluding carboxylic acids is 1. The Kier molecular flexibility index (Phi) is 7.09. The summed E-state index contributed by atoms with van der Waals surface area (Å²) >= 11 is 0. The molecule has 0 heterocycles. The van der Waals surface area contributed by atoms with Crippen molar-refractivity contribution in [2.24, 2.45) is 0 Å². The minimum absolute atomic E-state index is 0.141. The quantitative estimate of drug-likeness (QED) is 0.626. The number of rotatable bonds is 8. The maximum atomic E-state index is 12.1. The second kappa shape index (κ2) is 9.32. The van der Waals surface area contributed by atoms with E-state index in [1.54, 1.807) is 25.1 Å². The lowest BCUT2D eigenvalue weighted by Crippen LogP contribution is -2.43. The van der Waals surface area contributed by atoms with Gasteiger partial charge < -0.3 is 25.2 Å². The zero-order valence-electron chi connectivity index (χ0n) is 17.5. The van der Waals surface area contributed by atoms with E-state index in [4.69, 9.17) is 9.47 Å². The van der Waals surface area contributed by atoms with Crippen LogP contribution in [0.15, 0.2) is 36.4 Å². The van der Waals surface area contributed by atoms with Gasteiger partial charge in [0.05, 0.1) is 12.7 Å². The molecule has 156 valence electrons. The fraction of sp³-hybridized carbons (Fsp3) is 0.364. The molecule has 0 atom stereocenters. The van der Waals surface area contributed by atoms with Gasteiger partial charge in [-0.1, -0.05) is 18.2 Å². The van der Waals surface area contributed by atoms with Crippen LogP contribution in [-0.2, 0) is 11.3 Å². The molecule has 0 saturated carbocycles. The summed E-state index contributed by atoms with van der Waals surface area (Å²) in [5.74, 6) is -0.212. The molecule has 0 aliphatic rings. The summed E-state index contributed by atoms with van der Waals surface area (Å²) in [6, 6.07) is 10.5. The lowest BCUT2D eigenvalue weighted by molar-refractivity contribution is -0.124. The van der Waals surface area contributed by atoms with Crippen molar-refractivity contribution in [2.45, 2.75) is 39.8 Å². The first kappa shape index (κ1) is 22.1. The zero-order valence-corrected chi connectivity index (χ0v) is 17.5. The zero-order chi connectivity index (χ0) is 21.6. The van der Waals surface area contributed by atoms with Crippen molar-refractivity contribution in [2.75, 3.05) is 19.0 Å². The van der Waals surface area contributed by atoms with Crippen LogP contribution in [-0.4, -0.2) is 36.2 Å². The predicted molar refractivity (Wildman–Crippen MR) is 112 cm³/mol. The Hall–Kier alpha value is -3.22. The summed E-state index contributed by atoms with van der Waals surface area (Å²) in [5.41, 5.74) is 2.04. The van der Waals surface area contributed by atoms with E-state index < -0.39 is 5.97 Å². The van der Waals surface area contributed by atoms with Crippen molar-refractivity contribution >= 4 is 17.6 Å². The summed E-state index contributed by atoms with van der Waals surface area (Å²) in [5, 5.41) is 15.4. The lowest BCUT2D eigenvalue weighted by Gasteiger charge is -2.21. The minimum atomic E-state index is -0.971. The SMILES string of the molecule is COc1cccc(CNc2cccc(C(=O)O)c2C)c1OCC(=O)NC(C)(C)C. The van der Waals surface area contributed by atoms with Crippen molar-refractivity contribution in [1.29, 1.82) is 0 Å². The van der Waals surface area contributed by atoms with E-state index in [0.717, 1.165) is 5.56 Å². The molecule has 0 aliphatic carbocycles. The summed E-state index contributed by atoms with van der Waals surface area (Å²) in [4.78, 5) is 23.5. The third-order valence-corrected chi connectivity index (χ3v) is 4.18. The second-order valence-corrected chi connectivity index (χ2v) is 7.67. The van der Waals surface area contributed by atoms with E-state index in [1.807, 2.05) is 39.0 Å². The number of methoxy groups -OCH3 is 1. The number of aromatic carboxylic acids is 1. The number of carboxylic acids is 1. The summed E-state index contributed by atoms with van der Waals surface area (Å²) in [6.45, 7) is 7.69. The van der Waals surface area contributed by atoms with Crippen LogP contribution in [0.3, 0.4) is 0 Å². The van der Waals surface area contributed by atoms with Gasteiger partial charge in [0.2, 0.25) is 0 Å². The van der Waals surface area contributed by atoms with Crippen LogP contribution in [0.4, 0.5) is 5.69 Å². The minimum Gasteiger partial charge on any atom is -0.493 e. The van der Waals surface area contributed by atoms with Crippen LogP contribution < -0.4 is 20.1 Å². The third-order valence-electron chi connectivity index (χ3n) is 4.18. The molecule has 0 aromatic heterocycles. The summed E-state index contributed by atoms with van der Waals surface area (Å²) in [7, 11) is 1.54. The average Bonchev–Trinajstić information content (AvgIpc) is 2.64. The van der Waals surface area contributed by atoms with Crippen LogP contribution in [0.5, 0.6) is 11.5 Å². The summed E-state index contributed by atoms with van der Waals surface area (Å²) in [6.07, 6.45) is 0. The molecule has 1 amide bonds. The molecule has 0 aliphatic heterocycles. The van der Waals surface area contributed by atoms with Gasteiger partial charge in [-0.15, -0.1) is 0 Å². The van der Waals surface area contributed by atoms with E-state index in [9.17, 15) is 14.7 Å². The monoisotopic (exact) mass is 400 g/mol. The molecule has 0 spiro atoms. The maximum Gasteiger partial charge on any atom is 0.336 e. The lowest BCUT2D eigenvalue weighted by atomic mass is 10.1. The van der Waals surface area contributed by atoms with E-state index in [1.165, 1.54) is 7.11 Å². The Bertz CT molecular complexity index is 887. The Labute approximate surface area is 171 Å². The highest BCUT2D eigenvalue weighted by atomic mass is 16.5. The number of amides is 1. The Morgan fingerprint density at radius 3 is 2.41 bits per heavy atom. The molecule has 2 aromatic carbocycles. The fourth-order valence-electron chi connectivity index (χ4n) is 2.87. The van der Waals surface area contributed by atoms with Gasteiger partial charge in [0.25, 0.3) is 5.91 Å². The molecule has 0 saturated heterocycles. The first-order valence-electron chi connectivity index (χ1n) is 9.29. The van der Waals surface area contributed by atoms with Gasteiger partial charge in [-0.2, -0.15) is 0 Å². The van der Waals surface area contributed by atoms with E-state index in [2.05, 4.69) is 10.6 Å². The average molecular weight is 400 g/mol. The highest BCUT2D eigenvalue weighted by molar-refractivity contribution is 5.91. The maximum absolute atomic E-state index is 12.1. The predicted octanol–water partition coefficient (Wildman–Crippen LogP) is 3.61. The van der Waals surface area contributed by atoms with Crippen LogP contribution in [0, 0.1) is 6.92 Å². The number of hydrogen-bond acceptors (Lipinski definition) is 5. The Morgan fingerprint density at radius 2 is 1.79 bits per heavy atom. The molecule has 0 fully saturated rings. The number of carbonyl (C=O) groups is 2. The third kappa shape index (κ3) is 6.14. The van der Waals surface area contributed by atoms with Crippen molar-refractivity contribution in [3.8, 4) is 11.5 Å². The molecule has 3 N–H and O–H groups in total. The first-order chi connectivity index (χ1) is 13.6. The van der Waals surface area contributed by atoms with Crippen LogP contribution >= 0.6 is 0 Å². The van der Waals surface area contributed by atoms with Crippen LogP contribution in [0.2, 0.25) is 0 Å². The van der Waals surface area contributed by atoms with Gasteiger partial charge in [0.15, 0.2) is 18.1 Å². The van der Waals surface area contributed by atoms with Crippen LogP contribution in [0.25, 0.3) is 0 Å². The molecule has 7 heteroatoms. The normalized spacial score (nSPS) is 10.9. The van der Waals surface area contributed by atoms with Gasteiger partial charge >= 0.3 is 5.97 Å². The molecule has 0 bridgehead atoms. The van der Waals surface area contributed by atoms with Gasteiger partial charge in [-0.05, 0) is 51.5 Å². The molecule has 2 aromatic rings. The molecular weight excluding hydrogens is 372 g/mol. The Morgan fingerprint density at radius 1 is 1.10 bits per heavy atom. The van der Waals surface area contributed by atoms with Crippen molar-refractivity contribution in [3.05, 3.63) is 53.1 Å². The molecule has 2 rings (SSSR count). The van der Waals surface area contributed by atoms with Crippen molar-refractivity contribution in [1.82, 2.24) is 5.32 Å². The molecule has 29 heavy (non-hydrogen) atoms. The number of anilines is 1. The van der Waals surface area contributed by atoms with Gasteiger partial charge in [-0.25, -0.2) is 4.79 Å². The highest BCUT2D eigenvalue weighted by Gasteiger charge is 2.17. The van der Waals surface area contributed by atoms with Gasteiger partial charge in [0.1, 0.15) is 0 Å². The standard InChI is InChI=1S/C22H28N2O5/c1-14-16(21(26)27)9-7-10-17(14)23-12-15-8-6-11-18(28-5)20(15)29-13-19(25)24-22(2,3)4/h6-11,23H,12-13H2,1-5H3,(H,24,25)(H,26,27). The van der Waals surface area contributed by atoms with Crippen molar-refractivity contribution in [3.63, 3.8) is 0 Å². The number of ether oxygens (including phenoxy) is 2.